The SMILES string of the molecule is Cc1ncc([N+](=O)[O-])c([O-])n1.[Na+]. The van der Waals surface area contributed by atoms with Gasteiger partial charge in [-0.2, -0.15) is 0 Å². The molecule has 1 aromatic rings. The first-order valence-electron chi connectivity index (χ1n) is 2.76. The number of aryl methyl sites for hydroxylation is 1. The molecule has 0 aromatic carbocycles. The number of hydrogen-bond acceptors (Lipinski definition) is 5. The van der Waals surface area contributed by atoms with Crippen LogP contribution in [-0.2, 0) is 0 Å². The summed E-state index contributed by atoms with van der Waals surface area (Å²) in [5, 5.41) is 20.7. The summed E-state index contributed by atoms with van der Waals surface area (Å²) < 4.78 is 0. The Bertz CT molecular complexity index is 304. The van der Waals surface area contributed by atoms with Crippen LogP contribution in [0.3, 0.4) is 0 Å². The number of aromatic nitrogens is 2. The second kappa shape index (κ2) is 4.34. The van der Waals surface area contributed by atoms with Crippen LogP contribution < -0.4 is 34.7 Å². The number of nitrogens with zero attached hydrogens (tertiary/aromatic N) is 3. The molecule has 1 heterocycles. The predicted molar refractivity (Wildman–Crippen MR) is 32.9 cm³/mol. The van der Waals surface area contributed by atoms with Crippen LogP contribution in [0.4, 0.5) is 5.69 Å². The topological polar surface area (TPSA) is 92.0 Å². The normalized spacial score (nSPS) is 8.75. The average Bonchev–Trinajstić information content (AvgIpc) is 1.85. The van der Waals surface area contributed by atoms with E-state index in [1.807, 2.05) is 0 Å². The zero-order valence-electron chi connectivity index (χ0n) is 6.64. The maximum atomic E-state index is 10.7. The monoisotopic (exact) mass is 177 g/mol. The summed E-state index contributed by atoms with van der Waals surface area (Å²) in [4.78, 5) is 16.0. The Balaban J connectivity index is 0.00000121. The van der Waals surface area contributed by atoms with Crippen molar-refractivity contribution in [3.05, 3.63) is 22.1 Å². The zero-order chi connectivity index (χ0) is 8.43. The summed E-state index contributed by atoms with van der Waals surface area (Å²) in [7, 11) is 0. The zero-order valence-corrected chi connectivity index (χ0v) is 8.64. The summed E-state index contributed by atoms with van der Waals surface area (Å²) in [6.07, 6.45) is 0.907. The molecule has 0 fully saturated rings. The van der Waals surface area contributed by atoms with Gasteiger partial charge in [0.2, 0.25) is 0 Å². The first-order chi connectivity index (χ1) is 5.11. The fourth-order valence-corrected chi connectivity index (χ4v) is 0.568. The summed E-state index contributed by atoms with van der Waals surface area (Å²) in [5.74, 6) is -0.608. The van der Waals surface area contributed by atoms with Gasteiger partial charge in [0.05, 0.1) is 10.8 Å². The van der Waals surface area contributed by atoms with Crippen LogP contribution in [0, 0.1) is 17.0 Å². The molecule has 0 aliphatic rings. The van der Waals surface area contributed by atoms with Crippen molar-refractivity contribution < 1.29 is 39.6 Å². The fourth-order valence-electron chi connectivity index (χ4n) is 0.568. The molecule has 0 N–H and O–H groups in total. The van der Waals surface area contributed by atoms with Gasteiger partial charge in [0.15, 0.2) is 0 Å². The maximum Gasteiger partial charge on any atom is 1.00 e. The molecule has 0 bridgehead atoms. The van der Waals surface area contributed by atoms with Crippen molar-refractivity contribution in [2.24, 2.45) is 0 Å². The molecular weight excluding hydrogens is 173 g/mol. The van der Waals surface area contributed by atoms with Crippen molar-refractivity contribution in [1.29, 1.82) is 0 Å². The smallest absolute Gasteiger partial charge is 0.854 e. The second-order valence-electron chi connectivity index (χ2n) is 1.86. The van der Waals surface area contributed by atoms with Gasteiger partial charge >= 0.3 is 29.6 Å². The predicted octanol–water partition coefficient (Wildman–Crippen LogP) is -3.23. The molecule has 1 aromatic heterocycles. The number of hydrogen-bond donors (Lipinski definition) is 0. The van der Waals surface area contributed by atoms with Gasteiger partial charge in [-0.15, -0.1) is 0 Å². The van der Waals surface area contributed by atoms with Crippen molar-refractivity contribution in [1.82, 2.24) is 9.97 Å². The van der Waals surface area contributed by atoms with Crippen LogP contribution >= 0.6 is 0 Å². The largest absolute Gasteiger partial charge is 1.00 e. The minimum atomic E-state index is -0.845. The molecule has 0 aliphatic carbocycles. The summed E-state index contributed by atoms with van der Waals surface area (Å²) >= 11 is 0. The van der Waals surface area contributed by atoms with Gasteiger partial charge in [0, 0.05) is 0 Å². The van der Waals surface area contributed by atoms with Crippen LogP contribution in [0.25, 0.3) is 0 Å². The Morgan fingerprint density at radius 2 is 2.17 bits per heavy atom. The summed E-state index contributed by atoms with van der Waals surface area (Å²) in [6.45, 7) is 1.49. The first kappa shape index (κ1) is 11.3. The van der Waals surface area contributed by atoms with E-state index in [0.29, 0.717) is 0 Å². The summed E-state index contributed by atoms with van der Waals surface area (Å²) in [6, 6.07) is 0. The van der Waals surface area contributed by atoms with Gasteiger partial charge in [-0.05, 0) is 6.92 Å². The Morgan fingerprint density at radius 3 is 2.58 bits per heavy atom. The van der Waals surface area contributed by atoms with Crippen LogP contribution in [0.5, 0.6) is 5.88 Å². The van der Waals surface area contributed by atoms with Gasteiger partial charge in [0.1, 0.15) is 12.0 Å². The van der Waals surface area contributed by atoms with Gasteiger partial charge in [0.25, 0.3) is 5.69 Å². The minimum absolute atomic E-state index is 0. The van der Waals surface area contributed by atoms with E-state index in [9.17, 15) is 15.2 Å². The van der Waals surface area contributed by atoms with Crippen LogP contribution in [0.15, 0.2) is 6.20 Å². The molecule has 0 atom stereocenters. The van der Waals surface area contributed by atoms with E-state index in [1.165, 1.54) is 6.92 Å². The van der Waals surface area contributed by atoms with Crippen LogP contribution in [0.2, 0.25) is 0 Å². The Morgan fingerprint density at radius 1 is 1.58 bits per heavy atom. The van der Waals surface area contributed by atoms with Crippen molar-refractivity contribution >= 4 is 5.69 Å². The third-order valence-corrected chi connectivity index (χ3v) is 1.05. The molecule has 58 valence electrons. The van der Waals surface area contributed by atoms with E-state index >= 15 is 0 Å². The molecule has 0 radical (unpaired) electrons. The Hall–Kier alpha value is -0.720. The average molecular weight is 177 g/mol. The third-order valence-electron chi connectivity index (χ3n) is 1.05. The van der Waals surface area contributed by atoms with E-state index < -0.39 is 16.5 Å². The van der Waals surface area contributed by atoms with Crippen molar-refractivity contribution in [2.45, 2.75) is 6.92 Å². The van der Waals surface area contributed by atoms with Gasteiger partial charge in [-0.3, -0.25) is 10.1 Å². The Labute approximate surface area is 90.1 Å². The van der Waals surface area contributed by atoms with Gasteiger partial charge in [-0.25, -0.2) is 9.97 Å². The second-order valence-corrected chi connectivity index (χ2v) is 1.86. The van der Waals surface area contributed by atoms with E-state index in [1.54, 1.807) is 0 Å². The molecule has 0 saturated carbocycles. The third kappa shape index (κ3) is 2.40. The quantitative estimate of drug-likeness (QED) is 0.255. The minimum Gasteiger partial charge on any atom is -0.854 e. The molecular formula is C5H4N3NaO3. The van der Waals surface area contributed by atoms with Gasteiger partial charge in [-0.1, -0.05) is 0 Å². The molecule has 6 nitrogen and oxygen atoms in total. The molecule has 7 heteroatoms. The maximum absolute atomic E-state index is 10.7. The number of rotatable bonds is 1. The van der Waals surface area contributed by atoms with E-state index in [4.69, 9.17) is 0 Å². The molecule has 1 rings (SSSR count). The molecule has 0 spiro atoms. The van der Waals surface area contributed by atoms with Crippen molar-refractivity contribution in [3.63, 3.8) is 0 Å². The van der Waals surface area contributed by atoms with Crippen LogP contribution in [0.1, 0.15) is 5.82 Å². The van der Waals surface area contributed by atoms with E-state index in [2.05, 4.69) is 9.97 Å². The van der Waals surface area contributed by atoms with Crippen molar-refractivity contribution in [2.75, 3.05) is 0 Å². The molecule has 0 saturated heterocycles. The molecule has 0 unspecified atom stereocenters. The molecule has 0 aliphatic heterocycles. The molecule has 12 heavy (non-hydrogen) atoms. The Kier molecular flexibility index (Phi) is 4.08. The number of nitro groups is 1. The van der Waals surface area contributed by atoms with Crippen molar-refractivity contribution in [3.8, 4) is 5.88 Å². The standard InChI is InChI=1S/C5H5N3O3.Na/c1-3-6-2-4(8(10)11)5(9)7-3;/h2H,1H3,(H,6,7,9);/q;+1/p-1. The summed E-state index contributed by atoms with van der Waals surface area (Å²) in [5.41, 5.74) is -0.587. The van der Waals surface area contributed by atoms with E-state index in [-0.39, 0.29) is 35.4 Å². The molecule has 0 amide bonds. The van der Waals surface area contributed by atoms with E-state index in [0.717, 1.165) is 6.20 Å². The fraction of sp³-hybridized carbons (Fsp3) is 0.200. The first-order valence-corrected chi connectivity index (χ1v) is 2.76. The van der Waals surface area contributed by atoms with Gasteiger partial charge < -0.3 is 5.11 Å². The van der Waals surface area contributed by atoms with Crippen LogP contribution in [-0.4, -0.2) is 14.9 Å².